The molecule has 1 aromatic rings. The number of carbonyl (C=O) groups excluding carboxylic acids is 1. The lowest BCUT2D eigenvalue weighted by Crippen LogP contribution is -1.98. The minimum Gasteiger partial charge on any atom is -0.502 e. The number of carbonyl (C=O) groups is 1. The van der Waals surface area contributed by atoms with Gasteiger partial charge in [0.2, 0.25) is 5.76 Å². The van der Waals surface area contributed by atoms with E-state index in [0.29, 0.717) is 5.76 Å². The molecule has 2 rings (SSSR count). The van der Waals surface area contributed by atoms with Gasteiger partial charge in [0.15, 0.2) is 5.76 Å². The Balaban J connectivity index is 2.29. The first-order valence-corrected chi connectivity index (χ1v) is 4.06. The predicted octanol–water partition coefficient (Wildman–Crippen LogP) is 2.01. The van der Waals surface area contributed by atoms with Crippen molar-refractivity contribution in [3.05, 3.63) is 41.4 Å². The van der Waals surface area contributed by atoms with Crippen LogP contribution in [0.5, 0.6) is 0 Å². The second-order valence-electron chi connectivity index (χ2n) is 2.86. The molecule has 0 amide bonds. The van der Waals surface area contributed by atoms with Crippen LogP contribution in [-0.2, 0) is 9.53 Å². The van der Waals surface area contributed by atoms with Crippen LogP contribution in [0.2, 0.25) is 0 Å². The van der Waals surface area contributed by atoms with Gasteiger partial charge in [-0.3, -0.25) is 4.79 Å². The second kappa shape index (κ2) is 3.06. The second-order valence-corrected chi connectivity index (χ2v) is 2.86. The van der Waals surface area contributed by atoms with Crippen LogP contribution < -0.4 is 0 Å². The van der Waals surface area contributed by atoms with E-state index in [1.807, 2.05) is 0 Å². The van der Waals surface area contributed by atoms with E-state index in [9.17, 15) is 9.90 Å². The Morgan fingerprint density at radius 2 is 2.29 bits per heavy atom. The molecule has 0 fully saturated rings. The first kappa shape index (κ1) is 8.62. The molecule has 0 bridgehead atoms. The van der Waals surface area contributed by atoms with E-state index in [1.54, 1.807) is 12.1 Å². The molecule has 14 heavy (non-hydrogen) atoms. The Morgan fingerprint density at radius 3 is 2.79 bits per heavy atom. The molecule has 0 spiro atoms. The maximum atomic E-state index is 11.3. The number of furan rings is 1. The van der Waals surface area contributed by atoms with Crippen LogP contribution >= 0.6 is 0 Å². The molecule has 2 heterocycles. The average Bonchev–Trinajstić information content (AvgIpc) is 2.73. The van der Waals surface area contributed by atoms with Gasteiger partial charge >= 0.3 is 0 Å². The highest BCUT2D eigenvalue weighted by atomic mass is 16.5. The lowest BCUT2D eigenvalue weighted by molar-refractivity contribution is -0.115. The zero-order chi connectivity index (χ0) is 10.1. The number of rotatable bonds is 1. The van der Waals surface area contributed by atoms with E-state index in [1.165, 1.54) is 19.3 Å². The molecule has 1 aliphatic heterocycles. The quantitative estimate of drug-likeness (QED) is 0.691. The van der Waals surface area contributed by atoms with E-state index in [2.05, 4.69) is 0 Å². The molecule has 1 N–H and O–H groups in total. The zero-order valence-corrected chi connectivity index (χ0v) is 7.48. The van der Waals surface area contributed by atoms with Gasteiger partial charge in [0.05, 0.1) is 6.26 Å². The highest BCUT2D eigenvalue weighted by Crippen LogP contribution is 2.24. The van der Waals surface area contributed by atoms with Gasteiger partial charge in [0.1, 0.15) is 11.5 Å². The van der Waals surface area contributed by atoms with Gasteiger partial charge in [-0.15, -0.1) is 0 Å². The van der Waals surface area contributed by atoms with Crippen LogP contribution in [0.25, 0.3) is 6.08 Å². The van der Waals surface area contributed by atoms with Crippen LogP contribution in [0.1, 0.15) is 12.7 Å². The highest BCUT2D eigenvalue weighted by Gasteiger charge is 2.27. The third-order valence-corrected chi connectivity index (χ3v) is 1.85. The summed E-state index contributed by atoms with van der Waals surface area (Å²) < 4.78 is 10.0. The Hall–Kier alpha value is -1.97. The summed E-state index contributed by atoms with van der Waals surface area (Å²) in [5, 5.41) is 9.20. The molecule has 4 heteroatoms. The van der Waals surface area contributed by atoms with Crippen LogP contribution in [0.4, 0.5) is 0 Å². The first-order chi connectivity index (χ1) is 6.68. The maximum Gasteiger partial charge on any atom is 0.266 e. The van der Waals surface area contributed by atoms with Gasteiger partial charge in [-0.25, -0.2) is 0 Å². The minimum atomic E-state index is -0.515. The first-order valence-electron chi connectivity index (χ1n) is 4.06. The highest BCUT2D eigenvalue weighted by molar-refractivity contribution is 6.09. The lowest BCUT2D eigenvalue weighted by atomic mass is 10.2. The summed E-state index contributed by atoms with van der Waals surface area (Å²) in [5.41, 5.74) is 0. The van der Waals surface area contributed by atoms with Crippen LogP contribution in [-0.4, -0.2) is 10.9 Å². The standard InChI is InChI=1S/C10H8O4/c1-6-9(11)10(12)8(14-6)5-7-3-2-4-13-7/h2-5,11H,1H3. The van der Waals surface area contributed by atoms with Gasteiger partial charge in [-0.2, -0.15) is 0 Å². The number of hydrogen-bond acceptors (Lipinski definition) is 4. The van der Waals surface area contributed by atoms with Crippen molar-refractivity contribution in [2.45, 2.75) is 6.92 Å². The molecule has 0 saturated carbocycles. The van der Waals surface area contributed by atoms with Crippen molar-refractivity contribution in [2.75, 3.05) is 0 Å². The minimum absolute atomic E-state index is 0.0787. The van der Waals surface area contributed by atoms with Gasteiger partial charge in [-0.1, -0.05) is 0 Å². The summed E-state index contributed by atoms with van der Waals surface area (Å²) in [4.78, 5) is 11.3. The number of ether oxygens (including phenoxy) is 1. The molecule has 1 aliphatic rings. The van der Waals surface area contributed by atoms with Crippen molar-refractivity contribution < 1.29 is 19.1 Å². The molecular formula is C10H8O4. The van der Waals surface area contributed by atoms with Crippen molar-refractivity contribution in [1.29, 1.82) is 0 Å². The van der Waals surface area contributed by atoms with Gasteiger partial charge in [0, 0.05) is 6.08 Å². The van der Waals surface area contributed by atoms with E-state index in [-0.39, 0.29) is 17.3 Å². The molecule has 0 saturated heterocycles. The fraction of sp³-hybridized carbons (Fsp3) is 0.100. The molecular weight excluding hydrogens is 184 g/mol. The summed E-state index contributed by atoms with van der Waals surface area (Å²) in [6.45, 7) is 1.52. The molecule has 72 valence electrons. The third kappa shape index (κ3) is 1.31. The third-order valence-electron chi connectivity index (χ3n) is 1.85. The van der Waals surface area contributed by atoms with Crippen molar-refractivity contribution in [3.8, 4) is 0 Å². The number of allylic oxidation sites excluding steroid dienone is 1. The molecule has 0 radical (unpaired) electrons. The predicted molar refractivity (Wildman–Crippen MR) is 48.1 cm³/mol. The molecule has 0 atom stereocenters. The van der Waals surface area contributed by atoms with Gasteiger partial charge in [0.25, 0.3) is 5.78 Å². The van der Waals surface area contributed by atoms with Crippen LogP contribution in [0.3, 0.4) is 0 Å². The molecule has 1 aromatic heterocycles. The van der Waals surface area contributed by atoms with E-state index < -0.39 is 5.78 Å². The molecule has 0 aliphatic carbocycles. The molecule has 0 aromatic carbocycles. The number of aliphatic hydroxyl groups is 1. The van der Waals surface area contributed by atoms with E-state index >= 15 is 0 Å². The fourth-order valence-corrected chi connectivity index (χ4v) is 1.13. The number of Topliss-reactive ketones (excluding diaryl/α,β-unsaturated/α-hetero) is 1. The van der Waals surface area contributed by atoms with Crippen LogP contribution in [0, 0.1) is 0 Å². The maximum absolute atomic E-state index is 11.3. The Kier molecular flexibility index (Phi) is 1.89. The van der Waals surface area contributed by atoms with Gasteiger partial charge in [-0.05, 0) is 19.1 Å². The molecule has 0 unspecified atom stereocenters. The SMILES string of the molecule is CC1=C(O)C(=O)C(=Cc2ccco2)O1. The lowest BCUT2D eigenvalue weighted by Gasteiger charge is -1.95. The summed E-state index contributed by atoms with van der Waals surface area (Å²) in [7, 11) is 0. The fourth-order valence-electron chi connectivity index (χ4n) is 1.13. The van der Waals surface area contributed by atoms with Crippen molar-refractivity contribution in [1.82, 2.24) is 0 Å². The molecule has 4 nitrogen and oxygen atoms in total. The summed E-state index contributed by atoms with van der Waals surface area (Å²) in [6, 6.07) is 3.39. The normalized spacial score (nSPS) is 19.2. The van der Waals surface area contributed by atoms with Crippen molar-refractivity contribution >= 4 is 11.9 Å². The topological polar surface area (TPSA) is 59.7 Å². The Labute approximate surface area is 80.1 Å². The van der Waals surface area contributed by atoms with Crippen molar-refractivity contribution in [3.63, 3.8) is 0 Å². The zero-order valence-electron chi connectivity index (χ0n) is 7.48. The van der Waals surface area contributed by atoms with E-state index in [4.69, 9.17) is 9.15 Å². The van der Waals surface area contributed by atoms with Crippen LogP contribution in [0.15, 0.2) is 40.1 Å². The summed E-state index contributed by atoms with van der Waals surface area (Å²) in [5.74, 6) is -0.0553. The summed E-state index contributed by atoms with van der Waals surface area (Å²) in [6.07, 6.45) is 2.93. The Morgan fingerprint density at radius 1 is 1.50 bits per heavy atom. The Bertz CT molecular complexity index is 423. The number of hydrogen-bond donors (Lipinski definition) is 1. The van der Waals surface area contributed by atoms with Gasteiger partial charge < -0.3 is 14.3 Å². The van der Waals surface area contributed by atoms with Crippen molar-refractivity contribution in [2.24, 2.45) is 0 Å². The number of aliphatic hydroxyl groups excluding tert-OH is 1. The van der Waals surface area contributed by atoms with E-state index in [0.717, 1.165) is 0 Å². The number of ketones is 1. The smallest absolute Gasteiger partial charge is 0.266 e. The monoisotopic (exact) mass is 192 g/mol. The largest absolute Gasteiger partial charge is 0.502 e. The average molecular weight is 192 g/mol. The summed E-state index contributed by atoms with van der Waals surface area (Å²) >= 11 is 0.